The number of sulfone groups is 1. The Morgan fingerprint density at radius 2 is 1.78 bits per heavy atom. The highest BCUT2D eigenvalue weighted by atomic mass is 32.2. The van der Waals surface area contributed by atoms with E-state index in [1.165, 1.54) is 48.4 Å². The number of hydrogen-bond acceptors (Lipinski definition) is 7. The smallest absolute Gasteiger partial charge is 0.321 e. The quantitative estimate of drug-likeness (QED) is 0.290. The molecule has 45 heavy (non-hydrogen) atoms. The zero-order valence-electron chi connectivity index (χ0n) is 25.8. The summed E-state index contributed by atoms with van der Waals surface area (Å²) >= 11 is 0. The van der Waals surface area contributed by atoms with Crippen LogP contribution in [0.4, 0.5) is 20.6 Å². The van der Waals surface area contributed by atoms with Gasteiger partial charge in [-0.25, -0.2) is 17.6 Å². The second-order valence-corrected chi connectivity index (χ2v) is 13.7. The Hall–Kier alpha value is -4.65. The number of primary amides is 1. The summed E-state index contributed by atoms with van der Waals surface area (Å²) in [7, 11) is 0.706. The van der Waals surface area contributed by atoms with E-state index in [-0.39, 0.29) is 16.2 Å². The Balaban J connectivity index is 1.82. The molecule has 1 unspecified atom stereocenters. The molecule has 0 aliphatic carbocycles. The minimum atomic E-state index is -3.78. The number of anilines is 2. The number of ether oxygens (including phenoxy) is 1. The largest absolute Gasteiger partial charge is 0.494 e. The standard InChI is InChI=1S/C32H38FN5O6S/c1-19(2)45(42,43)28-14-12-23(36-32(41)37(3)4)18-24(28)26-10-7-15-38(26)31(40)29(20-11-13-25(33)27(17-20)44-5)35-22-9-6-8-21(16-22)30(34)39/h6,8-9,11-14,16-19,26,29,35H,7,10,15H2,1-5H3,(H2,34,39)(H,36,41)/t26?,29-/m1/s1. The van der Waals surface area contributed by atoms with E-state index in [4.69, 9.17) is 10.5 Å². The maximum atomic E-state index is 14.5. The molecule has 0 spiro atoms. The molecule has 1 saturated heterocycles. The molecule has 3 aromatic carbocycles. The lowest BCUT2D eigenvalue weighted by Crippen LogP contribution is -2.38. The van der Waals surface area contributed by atoms with E-state index in [2.05, 4.69) is 10.6 Å². The van der Waals surface area contributed by atoms with Crippen LogP contribution < -0.4 is 21.1 Å². The summed E-state index contributed by atoms with van der Waals surface area (Å²) in [5.41, 5.74) is 7.27. The number of benzene rings is 3. The molecular formula is C32H38FN5O6S. The van der Waals surface area contributed by atoms with Gasteiger partial charge in [0.2, 0.25) is 11.8 Å². The number of nitrogens with two attached hydrogens (primary N) is 1. The van der Waals surface area contributed by atoms with E-state index in [9.17, 15) is 27.2 Å². The molecule has 0 radical (unpaired) electrons. The summed E-state index contributed by atoms with van der Waals surface area (Å²) in [6, 6.07) is 12.9. The van der Waals surface area contributed by atoms with Crippen molar-refractivity contribution in [3.05, 3.63) is 83.2 Å². The molecule has 0 saturated carbocycles. The molecule has 1 fully saturated rings. The third kappa shape index (κ3) is 7.19. The van der Waals surface area contributed by atoms with Crippen LogP contribution in [-0.4, -0.2) is 69.1 Å². The molecule has 1 heterocycles. The Morgan fingerprint density at radius 3 is 2.42 bits per heavy atom. The first-order chi connectivity index (χ1) is 21.2. The Morgan fingerprint density at radius 1 is 1.04 bits per heavy atom. The monoisotopic (exact) mass is 639 g/mol. The molecule has 11 nitrogen and oxygen atoms in total. The van der Waals surface area contributed by atoms with Gasteiger partial charge in [0, 0.05) is 37.6 Å². The average Bonchev–Trinajstić information content (AvgIpc) is 3.50. The van der Waals surface area contributed by atoms with Crippen LogP contribution in [-0.2, 0) is 14.6 Å². The van der Waals surface area contributed by atoms with Gasteiger partial charge in [0.25, 0.3) is 0 Å². The van der Waals surface area contributed by atoms with Gasteiger partial charge in [0.1, 0.15) is 6.04 Å². The molecule has 4 N–H and O–H groups in total. The first kappa shape index (κ1) is 33.2. The summed E-state index contributed by atoms with van der Waals surface area (Å²) < 4.78 is 46.6. The molecule has 0 bridgehead atoms. The number of methoxy groups -OCH3 is 1. The van der Waals surface area contributed by atoms with Crippen molar-refractivity contribution in [1.82, 2.24) is 9.80 Å². The van der Waals surface area contributed by atoms with Crippen molar-refractivity contribution in [3.63, 3.8) is 0 Å². The van der Waals surface area contributed by atoms with Crippen LogP contribution in [0.3, 0.4) is 0 Å². The minimum Gasteiger partial charge on any atom is -0.494 e. The van der Waals surface area contributed by atoms with Gasteiger partial charge in [0.15, 0.2) is 21.4 Å². The fraction of sp³-hybridized carbons (Fsp3) is 0.344. The Kier molecular flexibility index (Phi) is 10.0. The van der Waals surface area contributed by atoms with E-state index < -0.39 is 50.8 Å². The summed E-state index contributed by atoms with van der Waals surface area (Å²) in [6.45, 7) is 3.48. The van der Waals surface area contributed by atoms with E-state index in [0.717, 1.165) is 0 Å². The number of amides is 4. The van der Waals surface area contributed by atoms with E-state index >= 15 is 0 Å². The van der Waals surface area contributed by atoms with Gasteiger partial charge in [-0.2, -0.15) is 0 Å². The molecule has 3 aromatic rings. The topological polar surface area (TPSA) is 151 Å². The first-order valence-corrected chi connectivity index (χ1v) is 16.0. The third-order valence-corrected chi connectivity index (χ3v) is 9.93. The molecule has 4 rings (SSSR count). The van der Waals surface area contributed by atoms with E-state index in [1.807, 2.05) is 0 Å². The number of rotatable bonds is 10. The van der Waals surface area contributed by atoms with E-state index in [0.29, 0.717) is 41.9 Å². The SMILES string of the molecule is COc1cc([C@@H](Nc2cccc(C(N)=O)c2)C(=O)N2CCCC2c2cc(NC(=O)N(C)C)ccc2S(=O)(=O)C(C)C)ccc1F. The van der Waals surface area contributed by atoms with Crippen molar-refractivity contribution in [2.75, 3.05) is 38.4 Å². The normalized spacial score (nSPS) is 15.4. The lowest BCUT2D eigenvalue weighted by atomic mass is 10.0. The van der Waals surface area contributed by atoms with Crippen LogP contribution >= 0.6 is 0 Å². The number of hydrogen-bond donors (Lipinski definition) is 3. The third-order valence-electron chi connectivity index (χ3n) is 7.70. The van der Waals surface area contributed by atoms with Crippen LogP contribution in [0.15, 0.2) is 65.6 Å². The number of carbonyl (C=O) groups excluding carboxylic acids is 3. The molecule has 13 heteroatoms. The van der Waals surface area contributed by atoms with Crippen molar-refractivity contribution in [3.8, 4) is 5.75 Å². The van der Waals surface area contributed by atoms with Crippen molar-refractivity contribution in [1.29, 1.82) is 0 Å². The summed E-state index contributed by atoms with van der Waals surface area (Å²) in [5, 5.41) is 5.19. The van der Waals surface area contributed by atoms with Gasteiger partial charge < -0.3 is 30.9 Å². The second kappa shape index (κ2) is 13.6. The molecular weight excluding hydrogens is 601 g/mol. The lowest BCUT2D eigenvalue weighted by Gasteiger charge is -2.32. The van der Waals surface area contributed by atoms with Gasteiger partial charge in [-0.1, -0.05) is 12.1 Å². The van der Waals surface area contributed by atoms with Crippen LogP contribution in [0.2, 0.25) is 0 Å². The Labute approximate surface area is 262 Å². The highest BCUT2D eigenvalue weighted by Gasteiger charge is 2.38. The zero-order valence-corrected chi connectivity index (χ0v) is 26.7. The number of nitrogens with one attached hydrogen (secondary N) is 2. The molecule has 2 atom stereocenters. The molecule has 240 valence electrons. The molecule has 0 aromatic heterocycles. The van der Waals surface area contributed by atoms with Crippen molar-refractivity contribution in [2.45, 2.75) is 48.9 Å². The van der Waals surface area contributed by atoms with Gasteiger partial charge in [-0.3, -0.25) is 9.59 Å². The average molecular weight is 640 g/mol. The summed E-state index contributed by atoms with van der Waals surface area (Å²) in [6.07, 6.45) is 1.05. The first-order valence-electron chi connectivity index (χ1n) is 14.4. The zero-order chi connectivity index (χ0) is 33.1. The maximum Gasteiger partial charge on any atom is 0.321 e. The summed E-state index contributed by atoms with van der Waals surface area (Å²) in [5.74, 6) is -1.73. The van der Waals surface area contributed by atoms with Crippen molar-refractivity contribution >= 4 is 39.1 Å². The lowest BCUT2D eigenvalue weighted by molar-refractivity contribution is -0.133. The number of carbonyl (C=O) groups is 3. The van der Waals surface area contributed by atoms with Crippen LogP contribution in [0.25, 0.3) is 0 Å². The highest BCUT2D eigenvalue weighted by Crippen LogP contribution is 2.40. The van der Waals surface area contributed by atoms with Crippen LogP contribution in [0, 0.1) is 5.82 Å². The fourth-order valence-corrected chi connectivity index (χ4v) is 6.52. The highest BCUT2D eigenvalue weighted by molar-refractivity contribution is 7.92. The minimum absolute atomic E-state index is 0.0643. The second-order valence-electron chi connectivity index (χ2n) is 11.3. The van der Waals surface area contributed by atoms with Crippen LogP contribution in [0.5, 0.6) is 5.75 Å². The number of likely N-dealkylation sites (tertiary alicyclic amines) is 1. The molecule has 4 amide bonds. The number of halogens is 1. The fourth-order valence-electron chi connectivity index (χ4n) is 5.23. The maximum absolute atomic E-state index is 14.5. The van der Waals surface area contributed by atoms with Gasteiger partial charge in [-0.15, -0.1) is 0 Å². The molecule has 1 aliphatic rings. The van der Waals surface area contributed by atoms with Gasteiger partial charge in [-0.05, 0) is 86.3 Å². The molecule has 1 aliphatic heterocycles. The van der Waals surface area contributed by atoms with Crippen molar-refractivity contribution in [2.24, 2.45) is 5.73 Å². The predicted octanol–water partition coefficient (Wildman–Crippen LogP) is 4.73. The van der Waals surface area contributed by atoms with Gasteiger partial charge in [0.05, 0.1) is 23.3 Å². The van der Waals surface area contributed by atoms with Crippen molar-refractivity contribution < 1.29 is 31.9 Å². The Bertz CT molecular complexity index is 1710. The summed E-state index contributed by atoms with van der Waals surface area (Å²) in [4.78, 5) is 41.8. The number of urea groups is 1. The van der Waals surface area contributed by atoms with E-state index in [1.54, 1.807) is 57.1 Å². The van der Waals surface area contributed by atoms with Gasteiger partial charge >= 0.3 is 6.03 Å². The number of nitrogens with zero attached hydrogens (tertiary/aromatic N) is 2. The van der Waals surface area contributed by atoms with Crippen LogP contribution in [0.1, 0.15) is 60.3 Å². The predicted molar refractivity (Wildman–Crippen MR) is 169 cm³/mol.